The number of rotatable bonds is 4. The van der Waals surface area contributed by atoms with Crippen LogP contribution in [0.3, 0.4) is 0 Å². The molecule has 0 spiro atoms. The lowest BCUT2D eigenvalue weighted by Crippen LogP contribution is -2.46. The SMILES string of the molecule is CC(C)(C)c1ccc(NC(=O)CN2C(=O)N[C@@](C)(C3CC3)C2=O)cc1. The Hall–Kier alpha value is -2.37. The molecule has 4 amide bonds. The smallest absolute Gasteiger partial charge is 0.325 e. The van der Waals surface area contributed by atoms with Crippen LogP contribution in [0.4, 0.5) is 10.5 Å². The lowest BCUT2D eigenvalue weighted by Gasteiger charge is -2.21. The van der Waals surface area contributed by atoms with E-state index in [4.69, 9.17) is 0 Å². The van der Waals surface area contributed by atoms with E-state index in [1.165, 1.54) is 5.56 Å². The van der Waals surface area contributed by atoms with Crippen molar-refractivity contribution in [3.05, 3.63) is 29.8 Å². The number of anilines is 1. The van der Waals surface area contributed by atoms with E-state index < -0.39 is 11.6 Å². The van der Waals surface area contributed by atoms with Crippen molar-refractivity contribution in [3.8, 4) is 0 Å². The van der Waals surface area contributed by atoms with E-state index in [1.807, 2.05) is 24.3 Å². The molecule has 1 aliphatic carbocycles. The second-order valence-electron chi connectivity index (χ2n) is 8.17. The lowest BCUT2D eigenvalue weighted by molar-refractivity contribution is -0.134. The van der Waals surface area contributed by atoms with E-state index in [1.54, 1.807) is 6.92 Å². The van der Waals surface area contributed by atoms with E-state index in [-0.39, 0.29) is 29.7 Å². The van der Waals surface area contributed by atoms with Crippen LogP contribution in [0.1, 0.15) is 46.1 Å². The summed E-state index contributed by atoms with van der Waals surface area (Å²) in [6.07, 6.45) is 1.87. The fraction of sp³-hybridized carbons (Fsp3) is 0.526. The van der Waals surface area contributed by atoms with Gasteiger partial charge in [0.05, 0.1) is 0 Å². The summed E-state index contributed by atoms with van der Waals surface area (Å²) in [7, 11) is 0. The molecule has 1 aromatic carbocycles. The van der Waals surface area contributed by atoms with Crippen LogP contribution in [0.25, 0.3) is 0 Å². The quantitative estimate of drug-likeness (QED) is 0.825. The fourth-order valence-electron chi connectivity index (χ4n) is 3.19. The molecule has 2 fully saturated rings. The van der Waals surface area contributed by atoms with Gasteiger partial charge in [-0.2, -0.15) is 0 Å². The van der Waals surface area contributed by atoms with Crippen LogP contribution in [0.5, 0.6) is 0 Å². The second-order valence-corrected chi connectivity index (χ2v) is 8.17. The Morgan fingerprint density at radius 1 is 1.24 bits per heavy atom. The highest BCUT2D eigenvalue weighted by Gasteiger charge is 2.56. The lowest BCUT2D eigenvalue weighted by atomic mass is 9.87. The highest BCUT2D eigenvalue weighted by Crippen LogP contribution is 2.42. The van der Waals surface area contributed by atoms with Crippen molar-refractivity contribution < 1.29 is 14.4 Å². The van der Waals surface area contributed by atoms with Gasteiger partial charge in [0.25, 0.3) is 5.91 Å². The van der Waals surface area contributed by atoms with E-state index in [0.717, 1.165) is 17.7 Å². The largest absolute Gasteiger partial charge is 0.325 e. The number of imide groups is 1. The average molecular weight is 343 g/mol. The summed E-state index contributed by atoms with van der Waals surface area (Å²) in [5, 5.41) is 5.49. The maximum Gasteiger partial charge on any atom is 0.325 e. The first kappa shape index (κ1) is 17.5. The van der Waals surface area contributed by atoms with Crippen LogP contribution in [-0.4, -0.2) is 34.8 Å². The van der Waals surface area contributed by atoms with Crippen LogP contribution >= 0.6 is 0 Å². The molecule has 1 atom stereocenters. The predicted octanol–water partition coefficient (Wildman–Crippen LogP) is 2.64. The van der Waals surface area contributed by atoms with E-state index in [0.29, 0.717) is 5.69 Å². The first-order valence-corrected chi connectivity index (χ1v) is 8.66. The number of carbonyl (C=O) groups excluding carboxylic acids is 3. The van der Waals surface area contributed by atoms with Crippen LogP contribution in [-0.2, 0) is 15.0 Å². The normalized spacial score (nSPS) is 23.6. The summed E-state index contributed by atoms with van der Waals surface area (Å²) in [6, 6.07) is 7.11. The minimum absolute atomic E-state index is 0.0376. The third-order valence-electron chi connectivity index (χ3n) is 5.03. The van der Waals surface area contributed by atoms with Crippen LogP contribution in [0, 0.1) is 5.92 Å². The van der Waals surface area contributed by atoms with Gasteiger partial charge in [0.1, 0.15) is 12.1 Å². The number of hydrogen-bond acceptors (Lipinski definition) is 3. The Balaban J connectivity index is 1.63. The molecule has 6 heteroatoms. The first-order chi connectivity index (χ1) is 11.6. The van der Waals surface area contributed by atoms with Crippen molar-refractivity contribution >= 4 is 23.5 Å². The van der Waals surface area contributed by atoms with Crippen molar-refractivity contribution in [3.63, 3.8) is 0 Å². The van der Waals surface area contributed by atoms with Crippen molar-refractivity contribution in [2.75, 3.05) is 11.9 Å². The number of benzene rings is 1. The summed E-state index contributed by atoms with van der Waals surface area (Å²) < 4.78 is 0. The van der Waals surface area contributed by atoms with Crippen molar-refractivity contribution in [2.24, 2.45) is 5.92 Å². The Morgan fingerprint density at radius 2 is 1.84 bits per heavy atom. The Bertz CT molecular complexity index is 716. The van der Waals surface area contributed by atoms with E-state index >= 15 is 0 Å². The third-order valence-corrected chi connectivity index (χ3v) is 5.03. The molecule has 25 heavy (non-hydrogen) atoms. The maximum absolute atomic E-state index is 12.5. The van der Waals surface area contributed by atoms with Crippen LogP contribution < -0.4 is 10.6 Å². The highest BCUT2D eigenvalue weighted by molar-refractivity contribution is 6.10. The predicted molar refractivity (Wildman–Crippen MR) is 95.1 cm³/mol. The number of amides is 4. The number of nitrogens with one attached hydrogen (secondary N) is 2. The Labute approximate surface area is 148 Å². The second kappa shape index (κ2) is 5.86. The number of urea groups is 1. The number of hydrogen-bond donors (Lipinski definition) is 2. The van der Waals surface area contributed by atoms with Crippen LogP contribution in [0.15, 0.2) is 24.3 Å². The molecular weight excluding hydrogens is 318 g/mol. The molecule has 1 heterocycles. The van der Waals surface area contributed by atoms with Gasteiger partial charge in [0.15, 0.2) is 0 Å². The summed E-state index contributed by atoms with van der Waals surface area (Å²) >= 11 is 0. The van der Waals surface area contributed by atoms with Gasteiger partial charge < -0.3 is 10.6 Å². The summed E-state index contributed by atoms with van der Waals surface area (Å²) in [5.74, 6) is -0.507. The molecule has 6 nitrogen and oxygen atoms in total. The zero-order valence-corrected chi connectivity index (χ0v) is 15.2. The van der Waals surface area contributed by atoms with Gasteiger partial charge >= 0.3 is 6.03 Å². The Morgan fingerprint density at radius 3 is 2.36 bits per heavy atom. The zero-order valence-electron chi connectivity index (χ0n) is 15.2. The van der Waals surface area contributed by atoms with Gasteiger partial charge in [-0.15, -0.1) is 0 Å². The maximum atomic E-state index is 12.5. The van der Waals surface area contributed by atoms with Crippen molar-refractivity contribution in [1.29, 1.82) is 0 Å². The molecule has 0 unspecified atom stereocenters. The molecule has 1 saturated heterocycles. The molecule has 0 radical (unpaired) electrons. The molecule has 2 aliphatic rings. The van der Waals surface area contributed by atoms with Gasteiger partial charge in [-0.3, -0.25) is 14.5 Å². The topological polar surface area (TPSA) is 78.5 Å². The molecule has 1 aromatic rings. The minimum Gasteiger partial charge on any atom is -0.325 e. The molecule has 1 aliphatic heterocycles. The van der Waals surface area contributed by atoms with Gasteiger partial charge in [-0.05, 0) is 48.8 Å². The van der Waals surface area contributed by atoms with Gasteiger partial charge in [-0.1, -0.05) is 32.9 Å². The van der Waals surface area contributed by atoms with Crippen molar-refractivity contribution in [2.45, 2.75) is 51.5 Å². The fourth-order valence-corrected chi connectivity index (χ4v) is 3.19. The van der Waals surface area contributed by atoms with E-state index in [9.17, 15) is 14.4 Å². The molecule has 2 N–H and O–H groups in total. The minimum atomic E-state index is -0.855. The third kappa shape index (κ3) is 3.38. The zero-order chi connectivity index (χ0) is 18.4. The molecule has 3 rings (SSSR count). The summed E-state index contributed by atoms with van der Waals surface area (Å²) in [5.41, 5.74) is 0.997. The monoisotopic (exact) mass is 343 g/mol. The molecular formula is C19H25N3O3. The molecule has 0 bridgehead atoms. The van der Waals surface area contributed by atoms with E-state index in [2.05, 4.69) is 31.4 Å². The average Bonchev–Trinajstić information content (AvgIpc) is 3.33. The van der Waals surface area contributed by atoms with Crippen LogP contribution in [0.2, 0.25) is 0 Å². The summed E-state index contributed by atoms with van der Waals surface area (Å²) in [6.45, 7) is 7.83. The number of carbonyl (C=O) groups is 3. The van der Waals surface area contributed by atoms with Gasteiger partial charge in [0, 0.05) is 5.69 Å². The molecule has 134 valence electrons. The molecule has 1 saturated carbocycles. The first-order valence-electron chi connectivity index (χ1n) is 8.66. The van der Waals surface area contributed by atoms with Crippen molar-refractivity contribution in [1.82, 2.24) is 10.2 Å². The molecule has 0 aromatic heterocycles. The number of nitrogens with zero attached hydrogens (tertiary/aromatic N) is 1. The highest BCUT2D eigenvalue weighted by atomic mass is 16.2. The van der Waals surface area contributed by atoms with Gasteiger partial charge in [-0.25, -0.2) is 4.79 Å². The standard InChI is InChI=1S/C19H25N3O3/c1-18(2,3)12-7-9-14(10-8-12)20-15(23)11-22-16(24)19(4,13-5-6-13)21-17(22)25/h7-10,13H,5-6,11H2,1-4H3,(H,20,23)(H,21,25)/t19-/m0/s1. The summed E-state index contributed by atoms with van der Waals surface area (Å²) in [4.78, 5) is 37.9. The Kier molecular flexibility index (Phi) is 4.09. The van der Waals surface area contributed by atoms with Gasteiger partial charge in [0.2, 0.25) is 5.91 Å².